The lowest BCUT2D eigenvalue weighted by atomic mass is 9.96. The van der Waals surface area contributed by atoms with Gasteiger partial charge in [0.05, 0.1) is 5.60 Å². The van der Waals surface area contributed by atoms with Crippen molar-refractivity contribution in [1.82, 2.24) is 4.90 Å². The zero-order valence-electron chi connectivity index (χ0n) is 10.8. The Labute approximate surface area is 106 Å². The van der Waals surface area contributed by atoms with Gasteiger partial charge in [-0.1, -0.05) is 6.07 Å². The second kappa shape index (κ2) is 4.94. The minimum absolute atomic E-state index is 0.0449. The molecule has 0 saturated carbocycles. The largest absolute Gasteiger partial charge is 0.389 e. The normalized spacial score (nSPS) is 21.5. The van der Waals surface area contributed by atoms with Crippen molar-refractivity contribution in [3.05, 3.63) is 35.4 Å². The Morgan fingerprint density at radius 2 is 1.94 bits per heavy atom. The van der Waals surface area contributed by atoms with E-state index in [1.807, 2.05) is 4.90 Å². The zero-order chi connectivity index (χ0) is 13.3. The van der Waals surface area contributed by atoms with Gasteiger partial charge in [-0.3, -0.25) is 4.90 Å². The van der Waals surface area contributed by atoms with E-state index in [0.717, 1.165) is 19.4 Å². The summed E-state index contributed by atoms with van der Waals surface area (Å²) < 4.78 is 27.2. The molecule has 1 unspecified atom stereocenters. The van der Waals surface area contributed by atoms with Crippen LogP contribution in [0.15, 0.2) is 18.2 Å². The quantitative estimate of drug-likeness (QED) is 0.897. The molecule has 1 atom stereocenters. The lowest BCUT2D eigenvalue weighted by Crippen LogP contribution is -2.45. The summed E-state index contributed by atoms with van der Waals surface area (Å²) >= 11 is 0. The first-order chi connectivity index (χ1) is 8.39. The van der Waals surface area contributed by atoms with Crippen LogP contribution in [0.3, 0.4) is 0 Å². The van der Waals surface area contributed by atoms with E-state index in [0.29, 0.717) is 0 Å². The monoisotopic (exact) mass is 255 g/mol. The molecule has 0 aromatic heterocycles. The van der Waals surface area contributed by atoms with E-state index in [1.165, 1.54) is 18.2 Å². The molecule has 1 aromatic carbocycles. The van der Waals surface area contributed by atoms with E-state index < -0.39 is 17.2 Å². The Morgan fingerprint density at radius 3 is 2.50 bits per heavy atom. The predicted molar refractivity (Wildman–Crippen MR) is 66.1 cm³/mol. The highest BCUT2D eigenvalue weighted by Gasteiger charge is 2.36. The van der Waals surface area contributed by atoms with Crippen molar-refractivity contribution in [2.45, 2.75) is 44.9 Å². The number of benzene rings is 1. The SMILES string of the molecule is CC(C)(O)C1CCCN1Cc1c(F)cccc1F. The molecule has 1 saturated heterocycles. The van der Waals surface area contributed by atoms with Crippen LogP contribution in [0.25, 0.3) is 0 Å². The Bertz CT molecular complexity index is 408. The van der Waals surface area contributed by atoms with E-state index in [4.69, 9.17) is 0 Å². The molecule has 0 aliphatic carbocycles. The molecule has 1 aromatic rings. The number of rotatable bonds is 3. The van der Waals surface area contributed by atoms with Crippen LogP contribution >= 0.6 is 0 Å². The minimum atomic E-state index is -0.849. The van der Waals surface area contributed by atoms with Crippen LogP contribution in [-0.2, 0) is 6.54 Å². The van der Waals surface area contributed by atoms with Gasteiger partial charge in [0.2, 0.25) is 0 Å². The first-order valence-electron chi connectivity index (χ1n) is 6.29. The molecule has 2 nitrogen and oxygen atoms in total. The van der Waals surface area contributed by atoms with Gasteiger partial charge in [0.15, 0.2) is 0 Å². The van der Waals surface area contributed by atoms with Gasteiger partial charge in [-0.25, -0.2) is 8.78 Å². The maximum absolute atomic E-state index is 13.6. The van der Waals surface area contributed by atoms with Crippen molar-refractivity contribution in [1.29, 1.82) is 0 Å². The van der Waals surface area contributed by atoms with Crippen molar-refractivity contribution in [2.75, 3.05) is 6.54 Å². The Hall–Kier alpha value is -1.00. The number of likely N-dealkylation sites (tertiary alicyclic amines) is 1. The average Bonchev–Trinajstić information content (AvgIpc) is 2.71. The first-order valence-corrected chi connectivity index (χ1v) is 6.29. The summed E-state index contributed by atoms with van der Waals surface area (Å²) in [5.41, 5.74) is -0.758. The van der Waals surface area contributed by atoms with Crippen LogP contribution < -0.4 is 0 Å². The molecule has 1 fully saturated rings. The molecule has 100 valence electrons. The molecule has 0 amide bonds. The maximum atomic E-state index is 13.6. The topological polar surface area (TPSA) is 23.5 Å². The molecule has 4 heteroatoms. The average molecular weight is 255 g/mol. The van der Waals surface area contributed by atoms with Crippen LogP contribution in [0, 0.1) is 11.6 Å². The van der Waals surface area contributed by atoms with Gasteiger partial charge in [-0.2, -0.15) is 0 Å². The van der Waals surface area contributed by atoms with Crippen molar-refractivity contribution >= 4 is 0 Å². The number of hydrogen-bond acceptors (Lipinski definition) is 2. The molecule has 1 aliphatic heterocycles. The van der Waals surface area contributed by atoms with Crippen LogP contribution in [0.2, 0.25) is 0 Å². The second-order valence-electron chi connectivity index (χ2n) is 5.48. The Kier molecular flexibility index (Phi) is 3.69. The van der Waals surface area contributed by atoms with Gasteiger partial charge < -0.3 is 5.11 Å². The van der Waals surface area contributed by atoms with E-state index in [2.05, 4.69) is 0 Å². The van der Waals surface area contributed by atoms with Crippen LogP contribution in [0.1, 0.15) is 32.3 Å². The van der Waals surface area contributed by atoms with Gasteiger partial charge in [0.1, 0.15) is 11.6 Å². The van der Waals surface area contributed by atoms with E-state index in [9.17, 15) is 13.9 Å². The fraction of sp³-hybridized carbons (Fsp3) is 0.571. The van der Waals surface area contributed by atoms with E-state index in [1.54, 1.807) is 13.8 Å². The number of halogens is 2. The Balaban J connectivity index is 2.19. The lowest BCUT2D eigenvalue weighted by Gasteiger charge is -2.33. The maximum Gasteiger partial charge on any atom is 0.130 e. The zero-order valence-corrected chi connectivity index (χ0v) is 10.8. The fourth-order valence-electron chi connectivity index (χ4n) is 2.70. The molecule has 0 spiro atoms. The molecule has 0 radical (unpaired) electrons. The Morgan fingerprint density at radius 1 is 1.33 bits per heavy atom. The van der Waals surface area contributed by atoms with Crippen LogP contribution in [0.4, 0.5) is 8.78 Å². The molecule has 0 bridgehead atoms. The summed E-state index contributed by atoms with van der Waals surface area (Å²) in [6.07, 6.45) is 1.81. The number of hydrogen-bond donors (Lipinski definition) is 1. The van der Waals surface area contributed by atoms with Crippen molar-refractivity contribution in [3.63, 3.8) is 0 Å². The fourth-order valence-corrected chi connectivity index (χ4v) is 2.70. The summed E-state index contributed by atoms with van der Waals surface area (Å²) in [6.45, 7) is 4.47. The van der Waals surface area contributed by atoms with Crippen molar-refractivity contribution in [2.24, 2.45) is 0 Å². The van der Waals surface area contributed by atoms with E-state index in [-0.39, 0.29) is 18.2 Å². The van der Waals surface area contributed by atoms with Gasteiger partial charge in [0.25, 0.3) is 0 Å². The molecule has 1 aliphatic rings. The highest BCUT2D eigenvalue weighted by atomic mass is 19.1. The highest BCUT2D eigenvalue weighted by molar-refractivity contribution is 5.20. The predicted octanol–water partition coefficient (Wildman–Crippen LogP) is 2.70. The summed E-state index contributed by atoms with van der Waals surface area (Å²) in [4.78, 5) is 1.96. The van der Waals surface area contributed by atoms with E-state index >= 15 is 0 Å². The lowest BCUT2D eigenvalue weighted by molar-refractivity contribution is -0.00563. The third-order valence-electron chi connectivity index (χ3n) is 3.60. The first kappa shape index (κ1) is 13.4. The molecular formula is C14H19F2NO. The molecular weight excluding hydrogens is 236 g/mol. The van der Waals surface area contributed by atoms with Crippen molar-refractivity contribution in [3.8, 4) is 0 Å². The molecule has 18 heavy (non-hydrogen) atoms. The number of nitrogens with zero attached hydrogens (tertiary/aromatic N) is 1. The summed E-state index contributed by atoms with van der Waals surface area (Å²) in [6, 6.07) is 3.86. The second-order valence-corrected chi connectivity index (χ2v) is 5.48. The van der Waals surface area contributed by atoms with Gasteiger partial charge in [0, 0.05) is 18.2 Å². The smallest absolute Gasteiger partial charge is 0.130 e. The summed E-state index contributed by atoms with van der Waals surface area (Å²) in [5, 5.41) is 10.1. The van der Waals surface area contributed by atoms with Crippen LogP contribution in [0.5, 0.6) is 0 Å². The highest BCUT2D eigenvalue weighted by Crippen LogP contribution is 2.29. The summed E-state index contributed by atoms with van der Waals surface area (Å²) in [5.74, 6) is -1.03. The number of aliphatic hydroxyl groups is 1. The molecule has 1 N–H and O–H groups in total. The van der Waals surface area contributed by atoms with Crippen LogP contribution in [-0.4, -0.2) is 28.2 Å². The van der Waals surface area contributed by atoms with Crippen molar-refractivity contribution < 1.29 is 13.9 Å². The summed E-state index contributed by atoms with van der Waals surface area (Å²) in [7, 11) is 0. The minimum Gasteiger partial charge on any atom is -0.389 e. The molecule has 2 rings (SSSR count). The van der Waals surface area contributed by atoms with Gasteiger partial charge in [-0.15, -0.1) is 0 Å². The van der Waals surface area contributed by atoms with Gasteiger partial charge >= 0.3 is 0 Å². The van der Waals surface area contributed by atoms with Gasteiger partial charge in [-0.05, 0) is 45.4 Å². The standard InChI is InChI=1S/C14H19F2NO/c1-14(2,18)13-7-4-8-17(13)9-10-11(15)5-3-6-12(10)16/h3,5-6,13,18H,4,7-9H2,1-2H3. The third kappa shape index (κ3) is 2.70. The third-order valence-corrected chi connectivity index (χ3v) is 3.60. The molecule has 1 heterocycles.